The third-order valence-corrected chi connectivity index (χ3v) is 4.15. The number of hydrogen-bond acceptors (Lipinski definition) is 1. The number of carbonyl (C=O) groups is 1. The van der Waals surface area contributed by atoms with Crippen molar-refractivity contribution in [3.63, 3.8) is 0 Å². The number of Topliss-reactive ketones (excluding diaryl/α,β-unsaturated/α-hetero) is 1. The summed E-state index contributed by atoms with van der Waals surface area (Å²) in [5, 5.41) is 0.0734. The highest BCUT2D eigenvalue weighted by atomic mass is 35.5. The van der Waals surface area contributed by atoms with Crippen LogP contribution in [0.25, 0.3) is 0 Å². The van der Waals surface area contributed by atoms with Crippen molar-refractivity contribution in [3.05, 3.63) is 70.0 Å². The summed E-state index contributed by atoms with van der Waals surface area (Å²) in [5.41, 5.74) is 2.96. The second kappa shape index (κ2) is 5.37. The van der Waals surface area contributed by atoms with E-state index in [4.69, 9.17) is 11.6 Å². The largest absolute Gasteiger partial charge is 0.299 e. The number of fused-ring (bicyclic) bond motifs is 1. The maximum atomic E-state index is 13.8. The first-order valence-electron chi connectivity index (χ1n) is 6.67. The summed E-state index contributed by atoms with van der Waals surface area (Å²) in [4.78, 5) is 12.1. The molecule has 2 aromatic carbocycles. The van der Waals surface area contributed by atoms with Gasteiger partial charge in [0.2, 0.25) is 0 Å². The van der Waals surface area contributed by atoms with Gasteiger partial charge in [-0.2, -0.15) is 0 Å². The SMILES string of the molecule is O=C(Cc1cccc(Cl)c1F)CC1Cc2ccccc21. The highest BCUT2D eigenvalue weighted by molar-refractivity contribution is 6.30. The minimum Gasteiger partial charge on any atom is -0.299 e. The summed E-state index contributed by atoms with van der Waals surface area (Å²) in [5.74, 6) is -0.122. The molecule has 0 heterocycles. The fourth-order valence-corrected chi connectivity index (χ4v) is 2.98. The van der Waals surface area contributed by atoms with Gasteiger partial charge < -0.3 is 0 Å². The van der Waals surface area contributed by atoms with Gasteiger partial charge in [-0.05, 0) is 35.1 Å². The molecule has 0 saturated carbocycles. The predicted octanol–water partition coefficient (Wildman–Crippen LogP) is 4.32. The first-order valence-corrected chi connectivity index (χ1v) is 7.05. The van der Waals surface area contributed by atoms with E-state index in [-0.39, 0.29) is 17.2 Å². The second-order valence-electron chi connectivity index (χ2n) is 5.23. The van der Waals surface area contributed by atoms with E-state index in [2.05, 4.69) is 12.1 Å². The van der Waals surface area contributed by atoms with Crippen LogP contribution in [-0.2, 0) is 17.6 Å². The van der Waals surface area contributed by atoms with Gasteiger partial charge >= 0.3 is 0 Å². The van der Waals surface area contributed by atoms with Crippen LogP contribution in [0.5, 0.6) is 0 Å². The summed E-state index contributed by atoms with van der Waals surface area (Å²) in [6.07, 6.45) is 1.54. The van der Waals surface area contributed by atoms with Crippen molar-refractivity contribution in [2.24, 2.45) is 0 Å². The first-order chi connectivity index (χ1) is 9.65. The van der Waals surface area contributed by atoms with Gasteiger partial charge in [-0.25, -0.2) is 4.39 Å². The van der Waals surface area contributed by atoms with E-state index in [1.165, 1.54) is 17.2 Å². The third kappa shape index (κ3) is 2.48. The average Bonchev–Trinajstić information content (AvgIpc) is 2.41. The number of benzene rings is 2. The fourth-order valence-electron chi connectivity index (χ4n) is 2.79. The number of hydrogen-bond donors (Lipinski definition) is 0. The van der Waals surface area contributed by atoms with Crippen LogP contribution >= 0.6 is 11.6 Å². The molecule has 0 N–H and O–H groups in total. The highest BCUT2D eigenvalue weighted by Gasteiger charge is 2.27. The van der Waals surface area contributed by atoms with Crippen LogP contribution in [0.4, 0.5) is 4.39 Å². The Labute approximate surface area is 122 Å². The molecule has 1 unspecified atom stereocenters. The molecule has 3 rings (SSSR count). The Morgan fingerprint density at radius 2 is 2.00 bits per heavy atom. The Morgan fingerprint density at radius 1 is 1.20 bits per heavy atom. The standard InChI is InChI=1S/C17H14ClFO/c18-16-7-3-5-12(17(16)19)9-14(20)10-13-8-11-4-1-2-6-15(11)13/h1-7,13H,8-10H2. The summed E-state index contributed by atoms with van der Waals surface area (Å²) < 4.78 is 13.8. The lowest BCUT2D eigenvalue weighted by Crippen LogP contribution is -2.21. The summed E-state index contributed by atoms with van der Waals surface area (Å²) >= 11 is 5.72. The highest BCUT2D eigenvalue weighted by Crippen LogP contribution is 2.37. The fraction of sp³-hybridized carbons (Fsp3) is 0.235. The molecule has 0 amide bonds. The molecule has 0 fully saturated rings. The van der Waals surface area contributed by atoms with Gasteiger partial charge in [-0.3, -0.25) is 4.79 Å². The van der Waals surface area contributed by atoms with Crippen LogP contribution in [0.1, 0.15) is 29.0 Å². The van der Waals surface area contributed by atoms with Crippen molar-refractivity contribution in [1.82, 2.24) is 0 Å². The topological polar surface area (TPSA) is 17.1 Å². The smallest absolute Gasteiger partial charge is 0.145 e. The number of carbonyl (C=O) groups excluding carboxylic acids is 1. The molecular formula is C17H14ClFO. The van der Waals surface area contributed by atoms with E-state index in [1.807, 2.05) is 12.1 Å². The minimum atomic E-state index is -0.475. The average molecular weight is 289 g/mol. The maximum absolute atomic E-state index is 13.8. The molecule has 102 valence electrons. The third-order valence-electron chi connectivity index (χ3n) is 3.85. The van der Waals surface area contributed by atoms with Crippen molar-refractivity contribution in [2.75, 3.05) is 0 Å². The summed E-state index contributed by atoms with van der Waals surface area (Å²) in [7, 11) is 0. The van der Waals surface area contributed by atoms with Crippen LogP contribution < -0.4 is 0 Å². The van der Waals surface area contributed by atoms with Crippen LogP contribution in [0.15, 0.2) is 42.5 Å². The number of ketones is 1. The molecule has 0 spiro atoms. The molecule has 1 nitrogen and oxygen atoms in total. The van der Waals surface area contributed by atoms with Crippen LogP contribution in [0, 0.1) is 5.82 Å². The van der Waals surface area contributed by atoms with Crippen LogP contribution in [0.3, 0.4) is 0 Å². The lowest BCUT2D eigenvalue weighted by atomic mass is 9.75. The molecule has 0 bridgehead atoms. The van der Waals surface area contributed by atoms with Crippen LogP contribution in [-0.4, -0.2) is 5.78 Å². The molecule has 0 radical (unpaired) electrons. The van der Waals surface area contributed by atoms with Crippen molar-refractivity contribution >= 4 is 17.4 Å². The zero-order chi connectivity index (χ0) is 14.1. The van der Waals surface area contributed by atoms with E-state index in [0.29, 0.717) is 17.9 Å². The first kappa shape index (κ1) is 13.3. The summed E-state index contributed by atoms with van der Waals surface area (Å²) in [6, 6.07) is 12.9. The normalized spacial score (nSPS) is 16.4. The lowest BCUT2D eigenvalue weighted by molar-refractivity contribution is -0.118. The van der Waals surface area contributed by atoms with E-state index >= 15 is 0 Å². The molecular weight excluding hydrogens is 275 g/mol. The van der Waals surface area contributed by atoms with Gasteiger partial charge in [0.1, 0.15) is 11.6 Å². The van der Waals surface area contributed by atoms with E-state index in [0.717, 1.165) is 6.42 Å². The molecule has 1 aliphatic rings. The molecule has 2 aromatic rings. The zero-order valence-electron chi connectivity index (χ0n) is 10.9. The maximum Gasteiger partial charge on any atom is 0.145 e. The molecule has 20 heavy (non-hydrogen) atoms. The van der Waals surface area contributed by atoms with Crippen molar-refractivity contribution in [3.8, 4) is 0 Å². The van der Waals surface area contributed by atoms with Crippen molar-refractivity contribution in [1.29, 1.82) is 0 Å². The minimum absolute atomic E-state index is 0.0608. The molecule has 0 aliphatic heterocycles. The Balaban J connectivity index is 1.66. The second-order valence-corrected chi connectivity index (χ2v) is 5.64. The zero-order valence-corrected chi connectivity index (χ0v) is 11.7. The Kier molecular flexibility index (Phi) is 3.58. The van der Waals surface area contributed by atoms with Crippen LogP contribution in [0.2, 0.25) is 5.02 Å². The predicted molar refractivity (Wildman–Crippen MR) is 77.6 cm³/mol. The van der Waals surface area contributed by atoms with Gasteiger partial charge in [-0.15, -0.1) is 0 Å². The number of rotatable bonds is 4. The lowest BCUT2D eigenvalue weighted by Gasteiger charge is -2.29. The molecule has 1 atom stereocenters. The van der Waals surface area contributed by atoms with Gasteiger partial charge in [0.25, 0.3) is 0 Å². The van der Waals surface area contributed by atoms with Gasteiger partial charge in [0, 0.05) is 12.8 Å². The molecule has 0 saturated heterocycles. The quantitative estimate of drug-likeness (QED) is 0.819. The van der Waals surface area contributed by atoms with Gasteiger partial charge in [-0.1, -0.05) is 48.0 Å². The van der Waals surface area contributed by atoms with Crippen molar-refractivity contribution in [2.45, 2.75) is 25.2 Å². The van der Waals surface area contributed by atoms with E-state index < -0.39 is 5.82 Å². The Morgan fingerprint density at radius 3 is 2.80 bits per heavy atom. The Hall–Kier alpha value is -1.67. The Bertz CT molecular complexity index is 666. The van der Waals surface area contributed by atoms with E-state index in [9.17, 15) is 9.18 Å². The monoisotopic (exact) mass is 288 g/mol. The number of halogens is 2. The van der Waals surface area contributed by atoms with E-state index in [1.54, 1.807) is 12.1 Å². The molecule has 0 aromatic heterocycles. The summed E-state index contributed by atoms with van der Waals surface area (Å²) in [6.45, 7) is 0. The van der Waals surface area contributed by atoms with Gasteiger partial charge in [0.05, 0.1) is 5.02 Å². The van der Waals surface area contributed by atoms with Crippen molar-refractivity contribution < 1.29 is 9.18 Å². The molecule has 3 heteroatoms. The van der Waals surface area contributed by atoms with Gasteiger partial charge in [0.15, 0.2) is 0 Å². The molecule has 1 aliphatic carbocycles.